The Kier molecular flexibility index (Phi) is 4.00. The summed E-state index contributed by atoms with van der Waals surface area (Å²) < 4.78 is 5.25. The lowest BCUT2D eigenvalue weighted by Gasteiger charge is -2.09. The van der Waals surface area contributed by atoms with Crippen LogP contribution in [-0.4, -0.2) is 28.6 Å². The lowest BCUT2D eigenvalue weighted by atomic mass is 10.1. The van der Waals surface area contributed by atoms with E-state index in [0.717, 1.165) is 47.6 Å². The van der Waals surface area contributed by atoms with Crippen molar-refractivity contribution >= 4 is 16.6 Å². The molecule has 21 heavy (non-hydrogen) atoms. The summed E-state index contributed by atoms with van der Waals surface area (Å²) in [5, 5.41) is 5.62. The Morgan fingerprint density at radius 3 is 2.95 bits per heavy atom. The van der Waals surface area contributed by atoms with E-state index >= 15 is 0 Å². The first-order chi connectivity index (χ1) is 10.4. The third-order valence-corrected chi connectivity index (χ3v) is 3.41. The summed E-state index contributed by atoms with van der Waals surface area (Å²) in [4.78, 5) is 11.7. The van der Waals surface area contributed by atoms with E-state index in [1.165, 1.54) is 0 Å². The van der Waals surface area contributed by atoms with Gasteiger partial charge in [0.1, 0.15) is 17.4 Å². The molecule has 2 heterocycles. The van der Waals surface area contributed by atoms with Crippen molar-refractivity contribution in [3.05, 3.63) is 48.7 Å². The first kappa shape index (κ1) is 13.4. The molecule has 0 aliphatic rings. The zero-order chi connectivity index (χ0) is 14.5. The maximum Gasteiger partial charge on any atom is 0.133 e. The van der Waals surface area contributed by atoms with Crippen LogP contribution in [0.4, 0.5) is 5.82 Å². The molecule has 0 amide bonds. The highest BCUT2D eigenvalue weighted by molar-refractivity contribution is 5.92. The largest absolute Gasteiger partial charge is 0.497 e. The molecule has 5 heteroatoms. The van der Waals surface area contributed by atoms with E-state index in [-0.39, 0.29) is 0 Å². The first-order valence-corrected chi connectivity index (χ1v) is 7.02. The number of ether oxygens (including phenoxy) is 1. The molecule has 0 saturated carbocycles. The van der Waals surface area contributed by atoms with Gasteiger partial charge in [0.15, 0.2) is 0 Å². The molecule has 0 unspecified atom stereocenters. The number of hydrogen-bond acceptors (Lipinski definition) is 4. The van der Waals surface area contributed by atoms with E-state index in [0.29, 0.717) is 0 Å². The number of methoxy groups -OCH3 is 1. The highest BCUT2D eigenvalue weighted by atomic mass is 16.5. The van der Waals surface area contributed by atoms with Crippen molar-refractivity contribution in [2.24, 2.45) is 0 Å². The number of imidazole rings is 1. The van der Waals surface area contributed by atoms with Crippen LogP contribution >= 0.6 is 0 Å². The predicted molar refractivity (Wildman–Crippen MR) is 83.7 cm³/mol. The van der Waals surface area contributed by atoms with E-state index in [9.17, 15) is 0 Å². The Morgan fingerprint density at radius 1 is 1.19 bits per heavy atom. The summed E-state index contributed by atoms with van der Waals surface area (Å²) in [6.45, 7) is 0.860. The molecule has 0 radical (unpaired) electrons. The monoisotopic (exact) mass is 282 g/mol. The Balaban J connectivity index is 1.66. The average molecular weight is 282 g/mol. The van der Waals surface area contributed by atoms with Gasteiger partial charge in [0.25, 0.3) is 0 Å². The molecule has 0 fully saturated rings. The van der Waals surface area contributed by atoms with Crippen molar-refractivity contribution in [3.8, 4) is 5.75 Å². The van der Waals surface area contributed by atoms with Crippen molar-refractivity contribution in [3.63, 3.8) is 0 Å². The van der Waals surface area contributed by atoms with Gasteiger partial charge in [-0.15, -0.1) is 0 Å². The standard InChI is InChI=1S/C16H18N4O/c1-21-13-4-5-14-12(11-13)6-8-20-16(14)19-7-2-3-15-17-9-10-18-15/h4-6,8-11H,2-3,7H2,1H3,(H,17,18)(H,19,20). The van der Waals surface area contributed by atoms with Gasteiger partial charge < -0.3 is 15.0 Å². The molecular weight excluding hydrogens is 264 g/mol. The smallest absolute Gasteiger partial charge is 0.133 e. The van der Waals surface area contributed by atoms with Gasteiger partial charge >= 0.3 is 0 Å². The normalized spacial score (nSPS) is 10.7. The van der Waals surface area contributed by atoms with E-state index in [1.54, 1.807) is 13.3 Å². The van der Waals surface area contributed by atoms with Gasteiger partial charge in [0.05, 0.1) is 7.11 Å². The van der Waals surface area contributed by atoms with Crippen LogP contribution < -0.4 is 10.1 Å². The Bertz CT molecular complexity index is 709. The van der Waals surface area contributed by atoms with Crippen molar-refractivity contribution in [2.45, 2.75) is 12.8 Å². The Hall–Kier alpha value is -2.56. The van der Waals surface area contributed by atoms with Crippen LogP contribution in [0.2, 0.25) is 0 Å². The maximum atomic E-state index is 5.25. The van der Waals surface area contributed by atoms with Crippen LogP contribution in [0.3, 0.4) is 0 Å². The van der Waals surface area contributed by atoms with Gasteiger partial charge in [-0.3, -0.25) is 0 Å². The molecule has 3 rings (SSSR count). The van der Waals surface area contributed by atoms with Crippen LogP contribution in [0, 0.1) is 0 Å². The minimum Gasteiger partial charge on any atom is -0.497 e. The molecule has 0 bridgehead atoms. The van der Waals surface area contributed by atoms with E-state index < -0.39 is 0 Å². The second kappa shape index (κ2) is 6.26. The Labute approximate surface area is 123 Å². The van der Waals surface area contributed by atoms with Crippen molar-refractivity contribution in [1.82, 2.24) is 15.0 Å². The highest BCUT2D eigenvalue weighted by Gasteiger charge is 2.03. The number of hydrogen-bond donors (Lipinski definition) is 2. The van der Waals surface area contributed by atoms with Crippen LogP contribution in [0.5, 0.6) is 5.75 Å². The van der Waals surface area contributed by atoms with Crippen molar-refractivity contribution in [1.29, 1.82) is 0 Å². The van der Waals surface area contributed by atoms with E-state index in [1.807, 2.05) is 36.7 Å². The molecule has 108 valence electrons. The lowest BCUT2D eigenvalue weighted by molar-refractivity contribution is 0.415. The second-order valence-electron chi connectivity index (χ2n) is 4.81. The first-order valence-electron chi connectivity index (χ1n) is 7.02. The minimum atomic E-state index is 0.859. The molecule has 3 aromatic rings. The molecule has 0 spiro atoms. The summed E-state index contributed by atoms with van der Waals surface area (Å²) in [7, 11) is 1.68. The summed E-state index contributed by atoms with van der Waals surface area (Å²) in [6.07, 6.45) is 7.38. The number of nitrogens with zero attached hydrogens (tertiary/aromatic N) is 2. The predicted octanol–water partition coefficient (Wildman–Crippen LogP) is 3.01. The summed E-state index contributed by atoms with van der Waals surface area (Å²) in [5.74, 6) is 2.79. The molecule has 1 aromatic carbocycles. The molecule has 2 aromatic heterocycles. The number of aromatic nitrogens is 3. The fraction of sp³-hybridized carbons (Fsp3) is 0.250. The van der Waals surface area contributed by atoms with E-state index in [4.69, 9.17) is 4.74 Å². The molecule has 2 N–H and O–H groups in total. The fourth-order valence-electron chi connectivity index (χ4n) is 2.32. The van der Waals surface area contributed by atoms with Crippen molar-refractivity contribution < 1.29 is 4.74 Å². The third kappa shape index (κ3) is 3.13. The van der Waals surface area contributed by atoms with Crippen LogP contribution in [0.1, 0.15) is 12.2 Å². The summed E-state index contributed by atoms with van der Waals surface area (Å²) in [6, 6.07) is 8.00. The zero-order valence-corrected chi connectivity index (χ0v) is 12.0. The van der Waals surface area contributed by atoms with Crippen LogP contribution in [0.15, 0.2) is 42.9 Å². The summed E-state index contributed by atoms with van der Waals surface area (Å²) >= 11 is 0. The molecule has 0 aliphatic carbocycles. The quantitative estimate of drug-likeness (QED) is 0.682. The number of aromatic amines is 1. The highest BCUT2D eigenvalue weighted by Crippen LogP contribution is 2.25. The minimum absolute atomic E-state index is 0.859. The van der Waals surface area contributed by atoms with Crippen molar-refractivity contribution in [2.75, 3.05) is 19.0 Å². The molecule has 0 aliphatic heterocycles. The number of anilines is 1. The van der Waals surface area contributed by atoms with E-state index in [2.05, 4.69) is 20.3 Å². The molecule has 5 nitrogen and oxygen atoms in total. The number of rotatable bonds is 6. The number of nitrogens with one attached hydrogen (secondary N) is 2. The van der Waals surface area contributed by atoms with Gasteiger partial charge in [-0.1, -0.05) is 0 Å². The number of fused-ring (bicyclic) bond motifs is 1. The second-order valence-corrected chi connectivity index (χ2v) is 4.81. The topological polar surface area (TPSA) is 62.8 Å². The van der Waals surface area contributed by atoms with Gasteiger partial charge in [0.2, 0.25) is 0 Å². The average Bonchev–Trinajstić information content (AvgIpc) is 3.04. The maximum absolute atomic E-state index is 5.25. The SMILES string of the molecule is COc1ccc2c(NCCCc3ncc[nH]3)nccc2c1. The fourth-order valence-corrected chi connectivity index (χ4v) is 2.32. The molecule has 0 atom stereocenters. The molecular formula is C16H18N4O. The van der Waals surface area contributed by atoms with Gasteiger partial charge in [-0.25, -0.2) is 9.97 Å². The van der Waals surface area contributed by atoms with Gasteiger partial charge in [-0.2, -0.15) is 0 Å². The van der Waals surface area contributed by atoms with Gasteiger partial charge in [-0.05, 0) is 36.1 Å². The lowest BCUT2D eigenvalue weighted by Crippen LogP contribution is -2.05. The number of benzene rings is 1. The number of pyridine rings is 1. The Morgan fingerprint density at radius 2 is 2.14 bits per heavy atom. The van der Waals surface area contributed by atoms with Gasteiger partial charge in [0, 0.05) is 36.9 Å². The molecule has 0 saturated heterocycles. The van der Waals surface area contributed by atoms with Crippen LogP contribution in [-0.2, 0) is 6.42 Å². The number of aryl methyl sites for hydroxylation is 1. The zero-order valence-electron chi connectivity index (χ0n) is 12.0. The van der Waals surface area contributed by atoms with Crippen LogP contribution in [0.25, 0.3) is 10.8 Å². The summed E-state index contributed by atoms with van der Waals surface area (Å²) in [5.41, 5.74) is 0. The number of H-pyrrole nitrogens is 1. The third-order valence-electron chi connectivity index (χ3n) is 3.41.